The normalized spacial score (nSPS) is 10.3. The monoisotopic (exact) mass is 260 g/mol. The highest BCUT2D eigenvalue weighted by Crippen LogP contribution is 2.11. The van der Waals surface area contributed by atoms with E-state index >= 15 is 0 Å². The molecule has 6 nitrogen and oxygen atoms in total. The van der Waals surface area contributed by atoms with Crippen molar-refractivity contribution in [2.24, 2.45) is 0 Å². The minimum atomic E-state index is 0.125. The molecule has 1 rings (SSSR count). The minimum Gasteiger partial charge on any atom is -0.463 e. The van der Waals surface area contributed by atoms with Crippen molar-refractivity contribution in [3.05, 3.63) is 5.28 Å². The summed E-state index contributed by atoms with van der Waals surface area (Å²) in [7, 11) is 1.65. The van der Waals surface area contributed by atoms with Crippen LogP contribution in [0.1, 0.15) is 19.8 Å². The molecular formula is C10H17ClN4O2. The van der Waals surface area contributed by atoms with Crippen LogP contribution in [0.15, 0.2) is 0 Å². The van der Waals surface area contributed by atoms with E-state index in [4.69, 9.17) is 21.1 Å². The maximum absolute atomic E-state index is 5.76. The van der Waals surface area contributed by atoms with Gasteiger partial charge in [0.2, 0.25) is 11.2 Å². The molecule has 0 saturated carbocycles. The predicted octanol–water partition coefficient (Wildman–Crippen LogP) is 1.76. The van der Waals surface area contributed by atoms with Crippen LogP contribution in [-0.4, -0.2) is 41.8 Å². The molecule has 0 fully saturated rings. The van der Waals surface area contributed by atoms with Crippen molar-refractivity contribution < 1.29 is 9.47 Å². The van der Waals surface area contributed by atoms with E-state index in [0.717, 1.165) is 19.4 Å². The molecule has 0 aliphatic carbocycles. The Morgan fingerprint density at radius 1 is 1.24 bits per heavy atom. The quantitative estimate of drug-likeness (QED) is 0.719. The summed E-state index contributed by atoms with van der Waals surface area (Å²) in [5.74, 6) is 0.439. The molecular weight excluding hydrogens is 244 g/mol. The average Bonchev–Trinajstić information content (AvgIpc) is 2.31. The second kappa shape index (κ2) is 8.03. The van der Waals surface area contributed by atoms with Crippen LogP contribution >= 0.6 is 11.6 Å². The summed E-state index contributed by atoms with van der Waals surface area (Å²) in [6, 6.07) is 0.236. The molecule has 0 radical (unpaired) electrons. The van der Waals surface area contributed by atoms with Crippen LogP contribution in [0.5, 0.6) is 6.01 Å². The SMILES string of the molecule is CCCNc1nc(Cl)nc(OCCCOC)n1. The third kappa shape index (κ3) is 5.65. The summed E-state index contributed by atoms with van der Waals surface area (Å²) in [4.78, 5) is 11.9. The van der Waals surface area contributed by atoms with Gasteiger partial charge in [-0.1, -0.05) is 6.92 Å². The number of halogens is 1. The number of aromatic nitrogens is 3. The van der Waals surface area contributed by atoms with Crippen molar-refractivity contribution >= 4 is 17.5 Å². The van der Waals surface area contributed by atoms with Gasteiger partial charge >= 0.3 is 6.01 Å². The first-order valence-electron chi connectivity index (χ1n) is 5.53. The van der Waals surface area contributed by atoms with Crippen LogP contribution in [0.4, 0.5) is 5.95 Å². The lowest BCUT2D eigenvalue weighted by atomic mass is 10.5. The van der Waals surface area contributed by atoms with Gasteiger partial charge in [0.05, 0.1) is 6.61 Å². The smallest absolute Gasteiger partial charge is 0.322 e. The second-order valence-corrected chi connectivity index (χ2v) is 3.67. The summed E-state index contributed by atoms with van der Waals surface area (Å²) in [6.45, 7) is 3.96. The summed E-state index contributed by atoms with van der Waals surface area (Å²) >= 11 is 5.76. The fourth-order valence-electron chi connectivity index (χ4n) is 1.08. The van der Waals surface area contributed by atoms with E-state index in [1.165, 1.54) is 0 Å². The number of hydrogen-bond donors (Lipinski definition) is 1. The van der Waals surface area contributed by atoms with E-state index in [-0.39, 0.29) is 11.3 Å². The first kappa shape index (κ1) is 13.9. The number of nitrogens with one attached hydrogen (secondary N) is 1. The number of hydrogen-bond acceptors (Lipinski definition) is 6. The molecule has 1 N–H and O–H groups in total. The molecule has 7 heteroatoms. The van der Waals surface area contributed by atoms with Gasteiger partial charge in [-0.2, -0.15) is 15.0 Å². The first-order chi connectivity index (χ1) is 8.26. The topological polar surface area (TPSA) is 69.2 Å². The molecule has 1 heterocycles. The largest absolute Gasteiger partial charge is 0.463 e. The van der Waals surface area contributed by atoms with E-state index in [0.29, 0.717) is 19.2 Å². The maximum Gasteiger partial charge on any atom is 0.322 e. The van der Waals surface area contributed by atoms with Crippen molar-refractivity contribution in [3.63, 3.8) is 0 Å². The van der Waals surface area contributed by atoms with Gasteiger partial charge in [-0.25, -0.2) is 0 Å². The van der Waals surface area contributed by atoms with E-state index in [2.05, 4.69) is 27.2 Å². The molecule has 96 valence electrons. The van der Waals surface area contributed by atoms with E-state index in [1.54, 1.807) is 7.11 Å². The highest BCUT2D eigenvalue weighted by Gasteiger charge is 2.05. The summed E-state index contributed by atoms with van der Waals surface area (Å²) in [6.07, 6.45) is 1.75. The Bertz CT molecular complexity index is 338. The third-order valence-electron chi connectivity index (χ3n) is 1.84. The first-order valence-corrected chi connectivity index (χ1v) is 5.91. The highest BCUT2D eigenvalue weighted by atomic mass is 35.5. The fraction of sp³-hybridized carbons (Fsp3) is 0.700. The molecule has 1 aromatic rings. The lowest BCUT2D eigenvalue weighted by Gasteiger charge is -2.06. The molecule has 0 unspecified atom stereocenters. The number of nitrogens with zero attached hydrogens (tertiary/aromatic N) is 3. The third-order valence-corrected chi connectivity index (χ3v) is 2.01. The fourth-order valence-corrected chi connectivity index (χ4v) is 1.23. The molecule has 17 heavy (non-hydrogen) atoms. The van der Waals surface area contributed by atoms with Gasteiger partial charge in [0.15, 0.2) is 0 Å². The number of ether oxygens (including phenoxy) is 2. The lowest BCUT2D eigenvalue weighted by molar-refractivity contribution is 0.168. The molecule has 0 bridgehead atoms. The molecule has 0 atom stereocenters. The van der Waals surface area contributed by atoms with Crippen LogP contribution < -0.4 is 10.1 Å². The number of rotatable bonds is 8. The standard InChI is InChI=1S/C10H17ClN4O2/c1-3-5-12-9-13-8(11)14-10(15-9)17-7-4-6-16-2/h3-7H2,1-2H3,(H,12,13,14,15). The predicted molar refractivity (Wildman–Crippen MR) is 65.6 cm³/mol. The Labute approximate surface area is 106 Å². The average molecular weight is 261 g/mol. The highest BCUT2D eigenvalue weighted by molar-refractivity contribution is 6.28. The number of anilines is 1. The molecule has 0 aliphatic rings. The van der Waals surface area contributed by atoms with Crippen molar-refractivity contribution in [3.8, 4) is 6.01 Å². The van der Waals surface area contributed by atoms with Gasteiger partial charge in [-0.05, 0) is 18.0 Å². The van der Waals surface area contributed by atoms with Crippen molar-refractivity contribution in [2.75, 3.05) is 32.2 Å². The zero-order chi connectivity index (χ0) is 12.5. The van der Waals surface area contributed by atoms with Crippen LogP contribution in [-0.2, 0) is 4.74 Å². The van der Waals surface area contributed by atoms with Crippen molar-refractivity contribution in [2.45, 2.75) is 19.8 Å². The Morgan fingerprint density at radius 3 is 2.76 bits per heavy atom. The Kier molecular flexibility index (Phi) is 6.57. The Hall–Kier alpha value is -1.14. The van der Waals surface area contributed by atoms with Gasteiger partial charge in [0, 0.05) is 26.7 Å². The van der Waals surface area contributed by atoms with E-state index in [9.17, 15) is 0 Å². The molecule has 1 aromatic heterocycles. The maximum atomic E-state index is 5.76. The molecule has 0 aliphatic heterocycles. The number of methoxy groups -OCH3 is 1. The van der Waals surface area contributed by atoms with Crippen LogP contribution in [0.3, 0.4) is 0 Å². The van der Waals surface area contributed by atoms with Crippen LogP contribution in [0.25, 0.3) is 0 Å². The summed E-state index contributed by atoms with van der Waals surface area (Å²) in [5.41, 5.74) is 0. The lowest BCUT2D eigenvalue weighted by Crippen LogP contribution is -2.09. The summed E-state index contributed by atoms with van der Waals surface area (Å²) < 4.78 is 10.3. The van der Waals surface area contributed by atoms with Crippen molar-refractivity contribution in [1.82, 2.24) is 15.0 Å². The Balaban J connectivity index is 2.50. The van der Waals surface area contributed by atoms with Crippen molar-refractivity contribution in [1.29, 1.82) is 0 Å². The molecule has 0 saturated heterocycles. The molecule has 0 amide bonds. The van der Waals surface area contributed by atoms with E-state index in [1.807, 2.05) is 0 Å². The van der Waals surface area contributed by atoms with E-state index < -0.39 is 0 Å². The van der Waals surface area contributed by atoms with Gasteiger partial charge in [-0.3, -0.25) is 0 Å². The Morgan fingerprint density at radius 2 is 2.06 bits per heavy atom. The van der Waals surface area contributed by atoms with Crippen LogP contribution in [0.2, 0.25) is 5.28 Å². The zero-order valence-corrected chi connectivity index (χ0v) is 10.8. The molecule has 0 aromatic carbocycles. The second-order valence-electron chi connectivity index (χ2n) is 3.33. The van der Waals surface area contributed by atoms with Gasteiger partial charge < -0.3 is 14.8 Å². The zero-order valence-electron chi connectivity index (χ0n) is 10.1. The molecule has 0 spiro atoms. The van der Waals surface area contributed by atoms with Gasteiger partial charge in [-0.15, -0.1) is 0 Å². The van der Waals surface area contributed by atoms with Gasteiger partial charge in [0.25, 0.3) is 0 Å². The minimum absolute atomic E-state index is 0.125. The van der Waals surface area contributed by atoms with Gasteiger partial charge in [0.1, 0.15) is 0 Å². The van der Waals surface area contributed by atoms with Crippen LogP contribution in [0, 0.1) is 0 Å². The summed E-state index contributed by atoms with van der Waals surface area (Å²) in [5, 5.41) is 3.15.